The molecule has 0 radical (unpaired) electrons. The smallest absolute Gasteiger partial charge is 1.00 e. The Hall–Kier alpha value is -1.27. The van der Waals surface area contributed by atoms with Crippen LogP contribution in [0.5, 0.6) is 0 Å². The summed E-state index contributed by atoms with van der Waals surface area (Å²) in [5.74, 6) is 0. The van der Waals surface area contributed by atoms with Crippen molar-refractivity contribution in [1.82, 2.24) is 29.8 Å². The minimum absolute atomic E-state index is 0. The summed E-state index contributed by atoms with van der Waals surface area (Å²) in [6.45, 7) is 0. The van der Waals surface area contributed by atoms with Gasteiger partial charge >= 0.3 is 58.7 Å². The Morgan fingerprint density at radius 1 is 0.700 bits per heavy atom. The van der Waals surface area contributed by atoms with Crippen LogP contribution in [0.2, 0.25) is 0 Å². The third-order valence-electron chi connectivity index (χ3n) is 2.02. The zero-order valence-electron chi connectivity index (χ0n) is 11.7. The molecule has 3 aromatic heterocycles. The Labute approximate surface area is 158 Å². The van der Waals surface area contributed by atoms with E-state index in [-0.39, 0.29) is 52.8 Å². The van der Waals surface area contributed by atoms with Crippen molar-refractivity contribution in [2.75, 3.05) is 0 Å². The van der Waals surface area contributed by atoms with E-state index in [2.05, 4.69) is 15.3 Å². The van der Waals surface area contributed by atoms with E-state index in [1.165, 1.54) is 14.5 Å². The van der Waals surface area contributed by atoms with Gasteiger partial charge in [-0.25, -0.2) is 0 Å². The van der Waals surface area contributed by atoms with Crippen LogP contribution < -0.4 is 65.6 Å². The van der Waals surface area contributed by atoms with Crippen LogP contribution in [0.3, 0.4) is 0 Å². The molecule has 0 aliphatic heterocycles. The molecule has 98 valence electrons. The van der Waals surface area contributed by atoms with E-state index in [1.807, 2.05) is 0 Å². The summed E-state index contributed by atoms with van der Waals surface area (Å²) in [6.07, 6.45) is 9.51. The van der Waals surface area contributed by atoms with Crippen molar-refractivity contribution < 1.29 is 67.1 Å². The summed E-state index contributed by atoms with van der Waals surface area (Å²) in [6, 6.07) is 5.12. The van der Waals surface area contributed by atoms with Crippen LogP contribution in [0.25, 0.3) is 0 Å². The molecule has 20 heavy (non-hydrogen) atoms. The molecule has 0 unspecified atom stereocenters. The van der Waals surface area contributed by atoms with Crippen molar-refractivity contribution in [2.24, 2.45) is 0 Å². The third-order valence-corrected chi connectivity index (χ3v) is 2.02. The van der Waals surface area contributed by atoms with E-state index in [0.717, 1.165) is 0 Å². The largest absolute Gasteiger partial charge is 1.00 e. The monoisotopic (exact) mass is 300 g/mol. The average molecular weight is 300 g/mol. The molecule has 0 aromatic carbocycles. The molecule has 3 rings (SSSR count). The van der Waals surface area contributed by atoms with Crippen molar-refractivity contribution in [2.45, 2.75) is 0 Å². The van der Waals surface area contributed by atoms with Crippen LogP contribution in [0.4, 0.5) is 0 Å². The molecule has 3 aromatic rings. The molecule has 0 amide bonds. The normalized spacial score (nSPS) is 9.60. The number of hydrogen-bond donors (Lipinski definition) is 0. The summed E-state index contributed by atoms with van der Waals surface area (Å²) in [7, 11) is -1.11. The van der Waals surface area contributed by atoms with Crippen LogP contribution in [0, 0.1) is 0 Å². The van der Waals surface area contributed by atoms with E-state index < -0.39 is 7.32 Å². The minimum atomic E-state index is -1.11. The first-order valence-electron chi connectivity index (χ1n) is 5.40. The van der Waals surface area contributed by atoms with Gasteiger partial charge in [-0.1, -0.05) is 0 Å². The molecule has 3 heterocycles. The quantitative estimate of drug-likeness (QED) is 0.432. The number of nitrogens with zero attached hydrogens (tertiary/aromatic N) is 6. The van der Waals surface area contributed by atoms with E-state index >= 15 is 0 Å². The average Bonchev–Trinajstić information content (AvgIpc) is 3.10. The summed E-state index contributed by atoms with van der Waals surface area (Å²) < 4.78 is 16.0. The zero-order valence-corrected chi connectivity index (χ0v) is 13.8. The molecule has 9 nitrogen and oxygen atoms in total. The Balaban J connectivity index is 0.00000110. The SMILES string of the molecule is [H-].[K+].c1cnn(OB(On2cccn2)On2cccn2)c1. The Morgan fingerprint density at radius 3 is 1.30 bits per heavy atom. The molecular weight excluding hydrogens is 290 g/mol. The van der Waals surface area contributed by atoms with Crippen LogP contribution in [-0.2, 0) is 0 Å². The molecule has 0 saturated carbocycles. The van der Waals surface area contributed by atoms with Gasteiger partial charge in [-0.05, 0) is 18.2 Å². The maximum Gasteiger partial charge on any atom is 1.00 e. The van der Waals surface area contributed by atoms with Crippen molar-refractivity contribution >= 4 is 7.32 Å². The van der Waals surface area contributed by atoms with Crippen molar-refractivity contribution in [3.8, 4) is 0 Å². The minimum Gasteiger partial charge on any atom is -1.00 e. The second-order valence-electron chi connectivity index (χ2n) is 3.33. The van der Waals surface area contributed by atoms with Gasteiger partial charge in [-0.3, -0.25) is 0 Å². The van der Waals surface area contributed by atoms with Gasteiger partial charge in [-0.2, -0.15) is 0 Å². The second-order valence-corrected chi connectivity index (χ2v) is 3.33. The van der Waals surface area contributed by atoms with Crippen molar-refractivity contribution in [3.63, 3.8) is 0 Å². The van der Waals surface area contributed by atoms with Gasteiger partial charge in [0, 0.05) is 0 Å². The summed E-state index contributed by atoms with van der Waals surface area (Å²) in [5, 5.41) is 11.7. The van der Waals surface area contributed by atoms with Gasteiger partial charge < -0.3 is 15.7 Å². The molecule has 0 atom stereocenters. The number of aromatic nitrogens is 6. The predicted molar refractivity (Wildman–Crippen MR) is 63.3 cm³/mol. The molecule has 11 heteroatoms. The van der Waals surface area contributed by atoms with Gasteiger partial charge in [0.05, 0.1) is 37.2 Å². The van der Waals surface area contributed by atoms with E-state index in [0.29, 0.717) is 0 Å². The van der Waals surface area contributed by atoms with Crippen LogP contribution in [-0.4, -0.2) is 37.2 Å². The maximum absolute atomic E-state index is 5.34. The summed E-state index contributed by atoms with van der Waals surface area (Å²) in [4.78, 5) is 3.62. The predicted octanol–water partition coefficient (Wildman–Crippen LogP) is -3.94. The van der Waals surface area contributed by atoms with E-state index in [4.69, 9.17) is 14.3 Å². The second kappa shape index (κ2) is 7.50. The molecule has 0 N–H and O–H groups in total. The first-order chi connectivity index (χ1) is 9.40. The number of rotatable bonds is 6. The van der Waals surface area contributed by atoms with Gasteiger partial charge in [-0.15, -0.1) is 29.8 Å². The number of hydrogen-bond acceptors (Lipinski definition) is 6. The molecule has 0 spiro atoms. The third kappa shape index (κ3) is 4.11. The topological polar surface area (TPSA) is 81.1 Å². The van der Waals surface area contributed by atoms with Crippen LogP contribution >= 0.6 is 0 Å². The summed E-state index contributed by atoms with van der Waals surface area (Å²) >= 11 is 0. The van der Waals surface area contributed by atoms with Crippen molar-refractivity contribution in [3.05, 3.63) is 55.4 Å². The molecule has 0 aliphatic carbocycles. The summed E-state index contributed by atoms with van der Waals surface area (Å²) in [5.41, 5.74) is 0. The molecule has 0 fully saturated rings. The van der Waals surface area contributed by atoms with Gasteiger partial charge in [0.1, 0.15) is 0 Å². The van der Waals surface area contributed by atoms with Gasteiger partial charge in [0.2, 0.25) is 0 Å². The molecular formula is C9H10BKN6O3. The fraction of sp³-hybridized carbons (Fsp3) is 0. The van der Waals surface area contributed by atoms with Gasteiger partial charge in [0.15, 0.2) is 0 Å². The molecule has 0 aliphatic rings. The van der Waals surface area contributed by atoms with Crippen molar-refractivity contribution in [1.29, 1.82) is 0 Å². The Bertz CT molecular complexity index is 507. The fourth-order valence-corrected chi connectivity index (χ4v) is 1.27. The Morgan fingerprint density at radius 2 is 1.05 bits per heavy atom. The first kappa shape index (κ1) is 15.1. The zero-order chi connectivity index (χ0) is 12.9. The van der Waals surface area contributed by atoms with E-state index in [1.54, 1.807) is 55.4 Å². The fourth-order valence-electron chi connectivity index (χ4n) is 1.27. The first-order valence-corrected chi connectivity index (χ1v) is 5.40. The Kier molecular flexibility index (Phi) is 5.67. The van der Waals surface area contributed by atoms with E-state index in [9.17, 15) is 0 Å². The van der Waals surface area contributed by atoms with Crippen LogP contribution in [0.1, 0.15) is 1.43 Å². The van der Waals surface area contributed by atoms with Crippen LogP contribution in [0.15, 0.2) is 55.4 Å². The standard InChI is InChI=1S/C9H9BN6O3.K.H/c1-4-11-14(7-1)17-10(18-15-8-2-5-12-15)19-16-9-3-6-13-16;;/h1-9H;;/q;+1;-1. The van der Waals surface area contributed by atoms with Gasteiger partial charge in [0.25, 0.3) is 0 Å². The molecule has 0 saturated heterocycles. The maximum atomic E-state index is 5.34. The molecule has 0 bridgehead atoms.